The number of benzene rings is 4. The van der Waals surface area contributed by atoms with Crippen LogP contribution in [0, 0.1) is 29.1 Å². The molecular weight excluding hydrogens is 539 g/mol. The van der Waals surface area contributed by atoms with E-state index < -0.39 is 44.1 Å². The Balaban J connectivity index is 0.000000214. The van der Waals surface area contributed by atoms with Crippen LogP contribution >= 0.6 is 11.8 Å². The van der Waals surface area contributed by atoms with Gasteiger partial charge in [-0.2, -0.15) is 0 Å². The SMILES string of the molecule is CSc1ccc([S+](c2ccccc2)c2ccccc2)cc1.O=S(=O)([O-])c1c(F)c(F)c(F)c(F)c1F. The molecule has 0 N–H and O–H groups in total. The highest BCUT2D eigenvalue weighted by molar-refractivity contribution is 7.98. The van der Waals surface area contributed by atoms with Crippen molar-refractivity contribution in [1.82, 2.24) is 0 Å². The maximum Gasteiger partial charge on any atom is 0.200 e. The Morgan fingerprint density at radius 1 is 0.611 bits per heavy atom. The molecule has 11 heteroatoms. The summed E-state index contributed by atoms with van der Waals surface area (Å²) in [6.45, 7) is 0. The Hall–Kier alpha value is -2.86. The predicted molar refractivity (Wildman–Crippen MR) is 127 cm³/mol. The molecule has 0 aromatic heterocycles. The van der Waals surface area contributed by atoms with Gasteiger partial charge in [0.15, 0.2) is 38.0 Å². The molecule has 0 radical (unpaired) electrons. The molecule has 4 aromatic rings. The molecule has 0 saturated heterocycles. The van der Waals surface area contributed by atoms with Gasteiger partial charge in [-0.3, -0.25) is 0 Å². The molecule has 4 rings (SSSR count). The molecular formula is C25H17F5O3S3. The van der Waals surface area contributed by atoms with Gasteiger partial charge in [-0.15, -0.1) is 11.8 Å². The standard InChI is InChI=1S/C19H17S2.C6HF5O3S/c1-20-16-12-14-19(15-13-16)21(17-8-4-2-5-9-17)18-10-6-3-7-11-18;7-1-2(8)4(10)6(15(12,13)14)5(11)3(1)9/h2-15H,1H3;(H,12,13,14)/q+1;/p-1. The number of hydrogen-bond acceptors (Lipinski definition) is 4. The van der Waals surface area contributed by atoms with Crippen molar-refractivity contribution < 1.29 is 34.9 Å². The van der Waals surface area contributed by atoms with E-state index in [9.17, 15) is 34.9 Å². The lowest BCUT2D eigenvalue weighted by molar-refractivity contribution is 0.350. The molecule has 0 heterocycles. The van der Waals surface area contributed by atoms with Gasteiger partial charge >= 0.3 is 0 Å². The molecule has 0 atom stereocenters. The average molecular weight is 557 g/mol. The van der Waals surface area contributed by atoms with Crippen LogP contribution in [0.15, 0.2) is 109 Å². The molecule has 0 unspecified atom stereocenters. The van der Waals surface area contributed by atoms with Gasteiger partial charge in [0.05, 0.1) is 10.9 Å². The molecule has 3 nitrogen and oxygen atoms in total. The molecule has 0 bridgehead atoms. The van der Waals surface area contributed by atoms with E-state index in [1.807, 2.05) is 0 Å². The summed E-state index contributed by atoms with van der Waals surface area (Å²) in [5.74, 6) is -12.8. The third-order valence-electron chi connectivity index (χ3n) is 4.67. The molecule has 0 fully saturated rings. The monoisotopic (exact) mass is 556 g/mol. The first-order valence-electron chi connectivity index (χ1n) is 10.0. The van der Waals surface area contributed by atoms with Crippen LogP contribution in [0.4, 0.5) is 22.0 Å². The maximum absolute atomic E-state index is 12.6. The Bertz CT molecular complexity index is 1370. The molecule has 0 aliphatic rings. The normalized spacial score (nSPS) is 11.2. The zero-order chi connectivity index (χ0) is 26.5. The van der Waals surface area contributed by atoms with E-state index >= 15 is 0 Å². The Labute approximate surface area is 212 Å². The lowest BCUT2D eigenvalue weighted by Crippen LogP contribution is -2.12. The second-order valence-electron chi connectivity index (χ2n) is 6.96. The number of rotatable bonds is 5. The van der Waals surface area contributed by atoms with Crippen molar-refractivity contribution in [2.45, 2.75) is 24.5 Å². The maximum atomic E-state index is 12.6. The number of thioether (sulfide) groups is 1. The van der Waals surface area contributed by atoms with Crippen LogP contribution in [-0.4, -0.2) is 19.2 Å². The van der Waals surface area contributed by atoms with Gasteiger partial charge in [0.25, 0.3) is 0 Å². The second kappa shape index (κ2) is 11.9. The first-order valence-corrected chi connectivity index (χ1v) is 13.9. The molecule has 0 amide bonds. The summed E-state index contributed by atoms with van der Waals surface area (Å²) in [5, 5.41) is 0. The van der Waals surface area contributed by atoms with Crippen molar-refractivity contribution in [3.63, 3.8) is 0 Å². The number of halogens is 5. The van der Waals surface area contributed by atoms with Crippen molar-refractivity contribution in [1.29, 1.82) is 0 Å². The van der Waals surface area contributed by atoms with Gasteiger partial charge in [0, 0.05) is 4.90 Å². The Morgan fingerprint density at radius 2 is 0.972 bits per heavy atom. The van der Waals surface area contributed by atoms with Gasteiger partial charge in [-0.05, 0) is 54.8 Å². The summed E-state index contributed by atoms with van der Waals surface area (Å²) in [6.07, 6.45) is 2.11. The lowest BCUT2D eigenvalue weighted by atomic mass is 10.3. The topological polar surface area (TPSA) is 57.2 Å². The van der Waals surface area contributed by atoms with E-state index in [2.05, 4.69) is 91.2 Å². The number of hydrogen-bond donors (Lipinski definition) is 0. The van der Waals surface area contributed by atoms with E-state index in [1.165, 1.54) is 19.6 Å². The largest absolute Gasteiger partial charge is 0.744 e. The van der Waals surface area contributed by atoms with Crippen molar-refractivity contribution in [2.24, 2.45) is 0 Å². The van der Waals surface area contributed by atoms with Crippen molar-refractivity contribution in [2.75, 3.05) is 6.26 Å². The van der Waals surface area contributed by atoms with Crippen LogP contribution in [0.5, 0.6) is 0 Å². The molecule has 0 aliphatic heterocycles. The van der Waals surface area contributed by atoms with Crippen LogP contribution in [-0.2, 0) is 21.0 Å². The summed E-state index contributed by atoms with van der Waals surface area (Å²) in [5.41, 5.74) is 0. The fourth-order valence-corrected chi connectivity index (χ4v) is 6.15. The fraction of sp³-hybridized carbons (Fsp3) is 0.0400. The zero-order valence-electron chi connectivity index (χ0n) is 18.4. The van der Waals surface area contributed by atoms with E-state index in [4.69, 9.17) is 0 Å². The van der Waals surface area contributed by atoms with E-state index in [0.29, 0.717) is 0 Å². The molecule has 0 spiro atoms. The first-order chi connectivity index (χ1) is 17.1. The summed E-state index contributed by atoms with van der Waals surface area (Å²) < 4.78 is 92.9. The minimum Gasteiger partial charge on any atom is -0.744 e. The van der Waals surface area contributed by atoms with Gasteiger partial charge in [0.2, 0.25) is 5.82 Å². The summed E-state index contributed by atoms with van der Waals surface area (Å²) in [4.78, 5) is 3.02. The van der Waals surface area contributed by atoms with E-state index in [-0.39, 0.29) is 10.9 Å². The molecule has 36 heavy (non-hydrogen) atoms. The molecule has 0 aliphatic carbocycles. The summed E-state index contributed by atoms with van der Waals surface area (Å²) >= 11 is 1.78. The highest BCUT2D eigenvalue weighted by Crippen LogP contribution is 2.32. The van der Waals surface area contributed by atoms with Crippen LogP contribution in [0.2, 0.25) is 0 Å². The zero-order valence-corrected chi connectivity index (χ0v) is 20.9. The van der Waals surface area contributed by atoms with Crippen molar-refractivity contribution >= 4 is 32.8 Å². The van der Waals surface area contributed by atoms with E-state index in [0.717, 1.165) is 0 Å². The summed E-state index contributed by atoms with van der Waals surface area (Å²) in [7, 11) is -5.81. The van der Waals surface area contributed by atoms with Gasteiger partial charge < -0.3 is 4.55 Å². The van der Waals surface area contributed by atoms with Crippen LogP contribution in [0.1, 0.15) is 0 Å². The third kappa shape index (κ3) is 6.28. The minimum atomic E-state index is -5.77. The smallest absolute Gasteiger partial charge is 0.200 e. The first kappa shape index (κ1) is 27.7. The van der Waals surface area contributed by atoms with Gasteiger partial charge in [-0.25, -0.2) is 30.4 Å². The van der Waals surface area contributed by atoms with Crippen LogP contribution in [0.3, 0.4) is 0 Å². The van der Waals surface area contributed by atoms with Gasteiger partial charge in [0.1, 0.15) is 15.0 Å². The van der Waals surface area contributed by atoms with Crippen molar-refractivity contribution in [3.8, 4) is 0 Å². The second-order valence-corrected chi connectivity index (χ2v) is 11.2. The average Bonchev–Trinajstić information content (AvgIpc) is 2.88. The van der Waals surface area contributed by atoms with E-state index in [1.54, 1.807) is 11.8 Å². The van der Waals surface area contributed by atoms with Crippen LogP contribution in [0.25, 0.3) is 0 Å². The highest BCUT2D eigenvalue weighted by Gasteiger charge is 2.29. The van der Waals surface area contributed by atoms with Crippen molar-refractivity contribution in [3.05, 3.63) is 114 Å². The molecule has 188 valence electrons. The molecule has 4 aromatic carbocycles. The third-order valence-corrected chi connectivity index (χ3v) is 8.51. The Kier molecular flexibility index (Phi) is 9.18. The summed E-state index contributed by atoms with van der Waals surface area (Å²) in [6, 6.07) is 30.5. The lowest BCUT2D eigenvalue weighted by Gasteiger charge is -2.10. The molecule has 0 saturated carbocycles. The highest BCUT2D eigenvalue weighted by atomic mass is 32.2. The fourth-order valence-electron chi connectivity index (χ4n) is 3.04. The quantitative estimate of drug-likeness (QED) is 0.0679. The minimum absolute atomic E-state index is 0.0341. The Morgan fingerprint density at radius 3 is 1.33 bits per heavy atom. The van der Waals surface area contributed by atoms with Gasteiger partial charge in [-0.1, -0.05) is 36.4 Å². The van der Waals surface area contributed by atoms with Crippen LogP contribution < -0.4 is 0 Å². The predicted octanol–water partition coefficient (Wildman–Crippen LogP) is 6.79.